The Labute approximate surface area is 215 Å². The number of benzene rings is 1. The van der Waals surface area contributed by atoms with Gasteiger partial charge in [0.25, 0.3) is 17.6 Å². The van der Waals surface area contributed by atoms with Crippen molar-refractivity contribution in [3.8, 4) is 0 Å². The van der Waals surface area contributed by atoms with Gasteiger partial charge in [-0.25, -0.2) is 8.78 Å². The third-order valence-electron chi connectivity index (χ3n) is 5.26. The molecular weight excluding hydrogens is 507 g/mol. The largest absolute Gasteiger partial charge is 0.399 e. The normalized spacial score (nSPS) is 11.5. The third kappa shape index (κ3) is 7.82. The maximum atomic E-state index is 13.5. The van der Waals surface area contributed by atoms with Gasteiger partial charge in [0.2, 0.25) is 0 Å². The highest BCUT2D eigenvalue weighted by atomic mass is 31.2. The average molecular weight is 540 g/mol. The maximum Gasteiger partial charge on any atom is 0.292 e. The molecule has 0 saturated heterocycles. The van der Waals surface area contributed by atoms with Gasteiger partial charge in [-0.3, -0.25) is 14.4 Å². The van der Waals surface area contributed by atoms with Gasteiger partial charge in [-0.1, -0.05) is 0 Å². The highest BCUT2D eigenvalue weighted by Crippen LogP contribution is 2.36. The molecule has 5 N–H and O–H groups in total. The summed E-state index contributed by atoms with van der Waals surface area (Å²) in [4.78, 5) is 38.3. The number of carbonyl (C=O) groups is 3. The Morgan fingerprint density at radius 2 is 1.76 bits per heavy atom. The summed E-state index contributed by atoms with van der Waals surface area (Å²) >= 11 is 0. The van der Waals surface area contributed by atoms with Gasteiger partial charge in [-0.2, -0.15) is 0 Å². The van der Waals surface area contributed by atoms with Gasteiger partial charge in [-0.15, -0.1) is 0 Å². The summed E-state index contributed by atoms with van der Waals surface area (Å²) in [6.07, 6.45) is 1.90. The van der Waals surface area contributed by atoms with E-state index < -0.39 is 37.6 Å². The Bertz CT molecular complexity index is 1180. The molecule has 2 amide bonds. The summed E-state index contributed by atoms with van der Waals surface area (Å²) in [5.74, 6) is -4.54. The smallest absolute Gasteiger partial charge is 0.292 e. The molecule has 10 nitrogen and oxygen atoms in total. The minimum absolute atomic E-state index is 0.0405. The Balaban J connectivity index is 2.06. The topological polar surface area (TPSA) is 137 Å². The number of Topliss-reactive ketones (excluding diaryl/α,β-unsaturated/α-hetero) is 1. The van der Waals surface area contributed by atoms with E-state index in [-0.39, 0.29) is 34.8 Å². The SMILES string of the molecule is CCOP(CN/C=C(\N)CNC(=O)C(=O)c1c(C)c(C(=O)Nc2ccc(F)c(F)c2)n(C)c1C)OCC. The highest BCUT2D eigenvalue weighted by molar-refractivity contribution is 7.47. The number of aromatic nitrogens is 1. The third-order valence-corrected chi connectivity index (χ3v) is 6.80. The van der Waals surface area contributed by atoms with Crippen molar-refractivity contribution in [2.45, 2.75) is 27.7 Å². The van der Waals surface area contributed by atoms with E-state index in [2.05, 4.69) is 16.0 Å². The van der Waals surface area contributed by atoms with Crippen molar-refractivity contribution in [2.75, 3.05) is 31.4 Å². The first-order valence-corrected chi connectivity index (χ1v) is 12.8. The lowest BCUT2D eigenvalue weighted by Crippen LogP contribution is -2.34. The number of nitrogens with two attached hydrogens (primary N) is 1. The predicted molar refractivity (Wildman–Crippen MR) is 137 cm³/mol. The van der Waals surface area contributed by atoms with Crippen LogP contribution in [0.15, 0.2) is 30.1 Å². The van der Waals surface area contributed by atoms with E-state index in [1.54, 1.807) is 14.0 Å². The van der Waals surface area contributed by atoms with E-state index in [1.165, 1.54) is 23.8 Å². The fourth-order valence-electron chi connectivity index (χ4n) is 3.49. The van der Waals surface area contributed by atoms with Gasteiger partial charge in [0, 0.05) is 36.4 Å². The van der Waals surface area contributed by atoms with Crippen LogP contribution in [-0.2, 0) is 20.9 Å². The molecule has 1 heterocycles. The summed E-state index contributed by atoms with van der Waals surface area (Å²) in [5.41, 5.74) is 7.04. The van der Waals surface area contributed by atoms with E-state index in [1.807, 2.05) is 13.8 Å². The number of anilines is 1. The van der Waals surface area contributed by atoms with Crippen molar-refractivity contribution in [1.82, 2.24) is 15.2 Å². The molecule has 0 radical (unpaired) electrons. The summed E-state index contributed by atoms with van der Waals surface area (Å²) in [5, 5.41) is 7.91. The minimum Gasteiger partial charge on any atom is -0.399 e. The number of nitrogens with one attached hydrogen (secondary N) is 3. The van der Waals surface area contributed by atoms with Crippen molar-refractivity contribution in [2.24, 2.45) is 12.8 Å². The Morgan fingerprint density at radius 1 is 1.11 bits per heavy atom. The van der Waals surface area contributed by atoms with Crippen LogP contribution in [0.4, 0.5) is 14.5 Å². The quantitative estimate of drug-likeness (QED) is 0.174. The Morgan fingerprint density at radius 3 is 2.35 bits per heavy atom. The molecule has 0 aliphatic heterocycles. The van der Waals surface area contributed by atoms with Gasteiger partial charge in [0.15, 0.2) is 20.0 Å². The first-order valence-electron chi connectivity index (χ1n) is 11.5. The maximum absolute atomic E-state index is 13.5. The minimum atomic E-state index is -1.11. The van der Waals surface area contributed by atoms with Crippen molar-refractivity contribution in [1.29, 1.82) is 0 Å². The van der Waals surface area contributed by atoms with Gasteiger partial charge in [0.05, 0.1) is 31.6 Å². The lowest BCUT2D eigenvalue weighted by atomic mass is 10.0. The molecule has 0 aliphatic carbocycles. The van der Waals surface area contributed by atoms with Gasteiger partial charge in [-0.05, 0) is 45.4 Å². The molecule has 1 aromatic carbocycles. The van der Waals surface area contributed by atoms with Crippen molar-refractivity contribution >= 4 is 31.7 Å². The zero-order valence-corrected chi connectivity index (χ0v) is 22.3. The highest BCUT2D eigenvalue weighted by Gasteiger charge is 2.28. The zero-order valence-electron chi connectivity index (χ0n) is 21.4. The molecule has 0 bridgehead atoms. The van der Waals surface area contributed by atoms with E-state index >= 15 is 0 Å². The van der Waals surface area contributed by atoms with Crippen LogP contribution in [0.2, 0.25) is 0 Å². The predicted octanol–water partition coefficient (Wildman–Crippen LogP) is 3.20. The van der Waals surface area contributed by atoms with Crippen molar-refractivity contribution < 1.29 is 32.2 Å². The van der Waals surface area contributed by atoms with Crippen LogP contribution in [0, 0.1) is 25.5 Å². The van der Waals surface area contributed by atoms with Crippen molar-refractivity contribution in [3.63, 3.8) is 0 Å². The Kier molecular flexibility index (Phi) is 11.2. The van der Waals surface area contributed by atoms with E-state index in [0.29, 0.717) is 25.2 Å². The number of rotatable bonds is 13. The monoisotopic (exact) mass is 539 g/mol. The molecule has 0 unspecified atom stereocenters. The average Bonchev–Trinajstić information content (AvgIpc) is 3.07. The first-order chi connectivity index (χ1) is 17.5. The van der Waals surface area contributed by atoms with E-state index in [9.17, 15) is 23.2 Å². The lowest BCUT2D eigenvalue weighted by molar-refractivity contribution is -0.116. The number of hydrogen-bond donors (Lipinski definition) is 4. The molecule has 0 saturated carbocycles. The number of amides is 2. The molecule has 0 aliphatic rings. The van der Waals surface area contributed by atoms with Crippen LogP contribution >= 0.6 is 8.38 Å². The molecular formula is C24H32F2N5O5P. The second kappa shape index (κ2) is 13.8. The second-order valence-electron chi connectivity index (χ2n) is 7.84. The molecule has 2 aromatic rings. The molecule has 0 atom stereocenters. The lowest BCUT2D eigenvalue weighted by Gasteiger charge is -2.15. The number of ketones is 1. The van der Waals surface area contributed by atoms with E-state index in [4.69, 9.17) is 14.8 Å². The summed E-state index contributed by atoms with van der Waals surface area (Å²) in [6.45, 7) is 7.78. The number of hydrogen-bond acceptors (Lipinski definition) is 7. The van der Waals surface area contributed by atoms with Gasteiger partial charge < -0.3 is 35.3 Å². The summed E-state index contributed by atoms with van der Waals surface area (Å²) in [6, 6.07) is 2.95. The van der Waals surface area contributed by atoms with Gasteiger partial charge in [0.1, 0.15) is 5.69 Å². The van der Waals surface area contributed by atoms with E-state index in [0.717, 1.165) is 12.1 Å². The second-order valence-corrected chi connectivity index (χ2v) is 9.34. The fourth-order valence-corrected chi connectivity index (χ4v) is 4.57. The zero-order chi connectivity index (χ0) is 27.7. The van der Waals surface area contributed by atoms with Crippen LogP contribution in [-0.4, -0.2) is 48.2 Å². The number of carbonyl (C=O) groups excluding carboxylic acids is 3. The Hall–Kier alpha value is -3.34. The summed E-state index contributed by atoms with van der Waals surface area (Å²) in [7, 11) is 0.448. The van der Waals surface area contributed by atoms with Crippen LogP contribution in [0.25, 0.3) is 0 Å². The fraction of sp³-hybridized carbons (Fsp3) is 0.375. The first kappa shape index (κ1) is 29.9. The van der Waals surface area contributed by atoms with Crippen LogP contribution in [0.3, 0.4) is 0 Å². The summed E-state index contributed by atoms with van der Waals surface area (Å²) < 4.78 is 39.1. The molecule has 2 rings (SSSR count). The number of nitrogens with zero attached hydrogens (tertiary/aromatic N) is 1. The van der Waals surface area contributed by atoms with Crippen LogP contribution in [0.5, 0.6) is 0 Å². The molecule has 0 spiro atoms. The van der Waals surface area contributed by atoms with Crippen LogP contribution in [0.1, 0.15) is 46.0 Å². The molecule has 0 fully saturated rings. The standard InChI is InChI=1S/C24H32F2N5O5P/c1-6-35-37(36-7-2)13-28-11-16(27)12-29-24(34)22(32)20-14(3)21(31(5)15(20)4)23(33)30-17-8-9-18(25)19(26)10-17/h8-11,28H,6-7,12-13,27H2,1-5H3,(H,29,34)(H,30,33)/b16-11-. The molecule has 202 valence electrons. The number of halogens is 2. The molecule has 37 heavy (non-hydrogen) atoms. The van der Waals surface area contributed by atoms with Crippen molar-refractivity contribution in [3.05, 3.63) is 64.2 Å². The van der Waals surface area contributed by atoms with Crippen LogP contribution < -0.4 is 21.7 Å². The molecule has 13 heteroatoms. The molecule has 1 aromatic heterocycles. The van der Waals surface area contributed by atoms with Gasteiger partial charge >= 0.3 is 0 Å².